The minimum absolute atomic E-state index is 0.747. The zero-order valence-electron chi connectivity index (χ0n) is 15.6. The van der Waals surface area contributed by atoms with Crippen LogP contribution in [0.2, 0.25) is 0 Å². The van der Waals surface area contributed by atoms with E-state index in [-0.39, 0.29) is 0 Å². The van der Waals surface area contributed by atoms with Gasteiger partial charge in [-0.1, -0.05) is 30.3 Å². The molecule has 0 saturated heterocycles. The number of thiophene rings is 1. The quantitative estimate of drug-likeness (QED) is 0.478. The van der Waals surface area contributed by atoms with E-state index in [1.165, 1.54) is 16.0 Å². The Morgan fingerprint density at radius 2 is 1.96 bits per heavy atom. The molecule has 4 aromatic rings. The van der Waals surface area contributed by atoms with Crippen LogP contribution in [-0.2, 0) is 13.0 Å². The van der Waals surface area contributed by atoms with E-state index in [2.05, 4.69) is 53.0 Å². The van der Waals surface area contributed by atoms with Crippen LogP contribution in [0.25, 0.3) is 10.2 Å². The second kappa shape index (κ2) is 7.88. The lowest BCUT2D eigenvalue weighted by molar-refractivity contribution is 0.660. The molecular weight excluding hydrogens is 354 g/mol. The number of fused-ring (bicyclic) bond motifs is 1. The summed E-state index contributed by atoms with van der Waals surface area (Å²) in [6.45, 7) is 6.12. The van der Waals surface area contributed by atoms with E-state index in [1.54, 1.807) is 11.3 Å². The van der Waals surface area contributed by atoms with E-state index in [4.69, 9.17) is 9.97 Å². The molecule has 6 heteroatoms. The third-order valence-electron chi connectivity index (χ3n) is 4.72. The fraction of sp³-hybridized carbons (Fsp3) is 0.286. The molecule has 4 rings (SSSR count). The maximum absolute atomic E-state index is 4.87. The van der Waals surface area contributed by atoms with Gasteiger partial charge in [0.2, 0.25) is 0 Å². The highest BCUT2D eigenvalue weighted by molar-refractivity contribution is 7.18. The largest absolute Gasteiger partial charge is 0.369 e. The molecule has 0 unspecified atom stereocenters. The van der Waals surface area contributed by atoms with E-state index in [1.807, 2.05) is 24.8 Å². The predicted molar refractivity (Wildman–Crippen MR) is 111 cm³/mol. The zero-order chi connectivity index (χ0) is 18.6. The van der Waals surface area contributed by atoms with Gasteiger partial charge in [-0.3, -0.25) is 0 Å². The first-order valence-corrected chi connectivity index (χ1v) is 10.0. The number of imidazole rings is 1. The van der Waals surface area contributed by atoms with Crippen molar-refractivity contribution in [2.75, 3.05) is 11.9 Å². The summed E-state index contributed by atoms with van der Waals surface area (Å²) in [4.78, 5) is 16.2. The van der Waals surface area contributed by atoms with Crippen LogP contribution < -0.4 is 5.32 Å². The Bertz CT molecular complexity index is 1020. The molecule has 5 nitrogen and oxygen atoms in total. The highest BCUT2D eigenvalue weighted by Crippen LogP contribution is 2.33. The van der Waals surface area contributed by atoms with Gasteiger partial charge >= 0.3 is 0 Å². The number of rotatable bonds is 7. The molecule has 138 valence electrons. The number of aromatic nitrogens is 4. The minimum Gasteiger partial charge on any atom is -0.369 e. The molecule has 0 spiro atoms. The second-order valence-corrected chi connectivity index (χ2v) is 7.90. The summed E-state index contributed by atoms with van der Waals surface area (Å²) in [6, 6.07) is 10.4. The molecule has 1 N–H and O–H groups in total. The van der Waals surface area contributed by atoms with Crippen molar-refractivity contribution in [3.05, 3.63) is 70.9 Å². The van der Waals surface area contributed by atoms with Gasteiger partial charge in [0, 0.05) is 36.8 Å². The third-order valence-corrected chi connectivity index (χ3v) is 5.83. The lowest BCUT2D eigenvalue weighted by Gasteiger charge is -2.10. The number of benzene rings is 1. The van der Waals surface area contributed by atoms with E-state index in [9.17, 15) is 0 Å². The number of anilines is 1. The Morgan fingerprint density at radius 1 is 1.11 bits per heavy atom. The van der Waals surface area contributed by atoms with Gasteiger partial charge in [0.25, 0.3) is 0 Å². The van der Waals surface area contributed by atoms with Crippen LogP contribution in [0.15, 0.2) is 49.1 Å². The molecule has 0 bridgehead atoms. The van der Waals surface area contributed by atoms with Crippen LogP contribution in [0.3, 0.4) is 0 Å². The normalized spacial score (nSPS) is 11.2. The molecule has 0 aliphatic carbocycles. The average Bonchev–Trinajstić information content (AvgIpc) is 3.28. The van der Waals surface area contributed by atoms with Crippen molar-refractivity contribution in [2.45, 2.75) is 33.2 Å². The first-order valence-electron chi connectivity index (χ1n) is 9.21. The summed E-state index contributed by atoms with van der Waals surface area (Å²) >= 11 is 1.75. The average molecular weight is 378 g/mol. The minimum atomic E-state index is 0.747. The number of hydrogen-bond donors (Lipinski definition) is 1. The molecule has 0 amide bonds. The van der Waals surface area contributed by atoms with Gasteiger partial charge in [-0.2, -0.15) is 0 Å². The number of nitrogens with one attached hydrogen (secondary N) is 1. The fourth-order valence-electron chi connectivity index (χ4n) is 3.17. The lowest BCUT2D eigenvalue weighted by atomic mass is 10.1. The van der Waals surface area contributed by atoms with Crippen molar-refractivity contribution >= 4 is 27.4 Å². The number of hydrogen-bond acceptors (Lipinski definition) is 5. The molecule has 0 aliphatic heterocycles. The van der Waals surface area contributed by atoms with Crippen LogP contribution in [-0.4, -0.2) is 26.1 Å². The highest BCUT2D eigenvalue weighted by Gasteiger charge is 2.14. The van der Waals surface area contributed by atoms with Gasteiger partial charge in [-0.25, -0.2) is 15.0 Å². The smallest absolute Gasteiger partial charge is 0.138 e. The third kappa shape index (κ3) is 4.01. The van der Waals surface area contributed by atoms with E-state index < -0.39 is 0 Å². The fourth-order valence-corrected chi connectivity index (χ4v) is 4.21. The van der Waals surface area contributed by atoms with Gasteiger partial charge in [0.15, 0.2) is 0 Å². The lowest BCUT2D eigenvalue weighted by Crippen LogP contribution is -2.09. The highest BCUT2D eigenvalue weighted by atomic mass is 32.1. The predicted octanol–water partition coefficient (Wildman–Crippen LogP) is 4.60. The maximum atomic E-state index is 4.87. The Labute approximate surface area is 163 Å². The van der Waals surface area contributed by atoms with Crippen LogP contribution in [0.1, 0.15) is 28.2 Å². The first kappa shape index (κ1) is 17.7. The number of aryl methyl sites for hydroxylation is 3. The van der Waals surface area contributed by atoms with Crippen molar-refractivity contribution in [2.24, 2.45) is 0 Å². The van der Waals surface area contributed by atoms with Crippen molar-refractivity contribution in [1.82, 2.24) is 19.5 Å². The molecule has 0 radical (unpaired) electrons. The second-order valence-electron chi connectivity index (χ2n) is 6.70. The monoisotopic (exact) mass is 377 g/mol. The van der Waals surface area contributed by atoms with Crippen molar-refractivity contribution in [3.63, 3.8) is 0 Å². The summed E-state index contributed by atoms with van der Waals surface area (Å²) in [5.41, 5.74) is 2.51. The molecule has 27 heavy (non-hydrogen) atoms. The van der Waals surface area contributed by atoms with Crippen LogP contribution in [0, 0.1) is 13.8 Å². The van der Waals surface area contributed by atoms with E-state index in [0.717, 1.165) is 47.8 Å². The van der Waals surface area contributed by atoms with Gasteiger partial charge < -0.3 is 9.88 Å². The standard InChI is InChI=1S/C21H23N5S/c1-15-16(2)27-21-19(15)20(23-9-6-11-26-12-10-22-14-26)24-18(25-21)13-17-7-4-3-5-8-17/h3-5,7-8,10,12,14H,6,9,11,13H2,1-2H3,(H,23,24,25). The van der Waals surface area contributed by atoms with Crippen molar-refractivity contribution in [3.8, 4) is 0 Å². The molecule has 0 atom stereocenters. The zero-order valence-corrected chi connectivity index (χ0v) is 16.5. The Hall–Kier alpha value is -2.73. The van der Waals surface area contributed by atoms with Crippen molar-refractivity contribution in [1.29, 1.82) is 0 Å². The molecule has 0 saturated carbocycles. The Morgan fingerprint density at radius 3 is 2.74 bits per heavy atom. The van der Waals surface area contributed by atoms with Crippen LogP contribution in [0.5, 0.6) is 0 Å². The Balaban J connectivity index is 1.56. The molecule has 0 aliphatic rings. The van der Waals surface area contributed by atoms with Crippen LogP contribution >= 0.6 is 11.3 Å². The molecular formula is C21H23N5S. The van der Waals surface area contributed by atoms with Gasteiger partial charge in [-0.05, 0) is 31.4 Å². The first-order chi connectivity index (χ1) is 13.2. The molecule has 0 fully saturated rings. The molecule has 1 aromatic carbocycles. The topological polar surface area (TPSA) is 55.6 Å². The van der Waals surface area contributed by atoms with E-state index >= 15 is 0 Å². The maximum Gasteiger partial charge on any atom is 0.138 e. The molecule has 3 aromatic heterocycles. The number of nitrogens with zero attached hydrogens (tertiary/aromatic N) is 4. The summed E-state index contributed by atoms with van der Waals surface area (Å²) in [7, 11) is 0. The summed E-state index contributed by atoms with van der Waals surface area (Å²) in [5, 5.41) is 4.72. The van der Waals surface area contributed by atoms with Crippen LogP contribution in [0.4, 0.5) is 5.82 Å². The van der Waals surface area contributed by atoms with Gasteiger partial charge in [-0.15, -0.1) is 11.3 Å². The van der Waals surface area contributed by atoms with Crippen molar-refractivity contribution < 1.29 is 0 Å². The molecule has 3 heterocycles. The van der Waals surface area contributed by atoms with E-state index in [0.29, 0.717) is 0 Å². The summed E-state index contributed by atoms with van der Waals surface area (Å²) in [5.74, 6) is 1.82. The van der Waals surface area contributed by atoms with Gasteiger partial charge in [0.1, 0.15) is 16.5 Å². The SMILES string of the molecule is Cc1sc2nc(Cc3ccccc3)nc(NCCCn3ccnc3)c2c1C. The Kier molecular flexibility index (Phi) is 5.16. The summed E-state index contributed by atoms with van der Waals surface area (Å²) < 4.78 is 2.10. The summed E-state index contributed by atoms with van der Waals surface area (Å²) in [6.07, 6.45) is 7.42. The van der Waals surface area contributed by atoms with Gasteiger partial charge in [0.05, 0.1) is 11.7 Å².